The summed E-state index contributed by atoms with van der Waals surface area (Å²) >= 11 is 1.01. The third-order valence-electron chi connectivity index (χ3n) is 4.79. The molecule has 6 nitrogen and oxygen atoms in total. The summed E-state index contributed by atoms with van der Waals surface area (Å²) < 4.78 is 0. The van der Waals surface area contributed by atoms with E-state index in [4.69, 9.17) is 0 Å². The van der Waals surface area contributed by atoms with Crippen LogP contribution in [0.25, 0.3) is 5.57 Å². The van der Waals surface area contributed by atoms with E-state index in [9.17, 15) is 14.4 Å². The van der Waals surface area contributed by atoms with Crippen molar-refractivity contribution in [2.45, 2.75) is 19.4 Å². The number of benzene rings is 1. The van der Waals surface area contributed by atoms with Gasteiger partial charge in [-0.15, -0.1) is 0 Å². The Morgan fingerprint density at radius 2 is 2.04 bits per heavy atom. The number of carbonyl (C=O) groups is 3. The zero-order valence-corrected chi connectivity index (χ0v) is 15.6. The number of nitrogens with zero attached hydrogens (tertiary/aromatic N) is 2. The standard InChI is InChI=1S/C19H23N3O3S/c1-14(18(24)20-9-12-22-17(23)13-26-19(22)25)21-10-7-16(8-11-21)15-5-3-2-4-6-15/h2-7,14H,8-13H2,1H3,(H,20,24)/t14-/m0/s1. The van der Waals surface area contributed by atoms with Crippen LogP contribution in [0.1, 0.15) is 18.9 Å². The van der Waals surface area contributed by atoms with Gasteiger partial charge in [-0.1, -0.05) is 48.2 Å². The molecular weight excluding hydrogens is 350 g/mol. The van der Waals surface area contributed by atoms with E-state index in [-0.39, 0.29) is 35.4 Å². The number of thioether (sulfide) groups is 1. The number of nitrogens with one attached hydrogen (secondary N) is 1. The molecule has 1 atom stereocenters. The summed E-state index contributed by atoms with van der Waals surface area (Å²) in [5.41, 5.74) is 2.56. The highest BCUT2D eigenvalue weighted by Crippen LogP contribution is 2.23. The van der Waals surface area contributed by atoms with Gasteiger partial charge in [-0.3, -0.25) is 24.2 Å². The number of rotatable bonds is 6. The second kappa shape index (κ2) is 8.51. The van der Waals surface area contributed by atoms with E-state index < -0.39 is 0 Å². The van der Waals surface area contributed by atoms with Gasteiger partial charge < -0.3 is 5.32 Å². The van der Waals surface area contributed by atoms with Crippen LogP contribution in [-0.4, -0.2) is 64.8 Å². The first-order valence-corrected chi connectivity index (χ1v) is 9.78. The van der Waals surface area contributed by atoms with Gasteiger partial charge in [0.15, 0.2) is 0 Å². The van der Waals surface area contributed by atoms with Gasteiger partial charge in [0.1, 0.15) is 0 Å². The fraction of sp³-hybridized carbons (Fsp3) is 0.421. The minimum Gasteiger partial charge on any atom is -0.353 e. The van der Waals surface area contributed by atoms with Gasteiger partial charge in [-0.2, -0.15) is 0 Å². The number of carbonyl (C=O) groups excluding carboxylic acids is 3. The first kappa shape index (κ1) is 18.7. The Morgan fingerprint density at radius 1 is 1.27 bits per heavy atom. The van der Waals surface area contributed by atoms with Crippen LogP contribution in [0.3, 0.4) is 0 Å². The van der Waals surface area contributed by atoms with E-state index in [0.717, 1.165) is 31.3 Å². The van der Waals surface area contributed by atoms with Gasteiger partial charge in [-0.05, 0) is 24.5 Å². The van der Waals surface area contributed by atoms with Crippen LogP contribution in [0.2, 0.25) is 0 Å². The van der Waals surface area contributed by atoms with Crippen molar-refractivity contribution in [2.75, 3.05) is 31.9 Å². The summed E-state index contributed by atoms with van der Waals surface area (Å²) in [4.78, 5) is 38.8. The van der Waals surface area contributed by atoms with E-state index >= 15 is 0 Å². The molecule has 1 aromatic rings. The number of amides is 3. The molecule has 26 heavy (non-hydrogen) atoms. The second-order valence-electron chi connectivity index (χ2n) is 6.41. The van der Waals surface area contributed by atoms with Crippen LogP contribution < -0.4 is 5.32 Å². The van der Waals surface area contributed by atoms with Crippen LogP contribution in [0.4, 0.5) is 4.79 Å². The molecule has 0 aromatic heterocycles. The molecule has 138 valence electrons. The molecule has 2 aliphatic heterocycles. The van der Waals surface area contributed by atoms with Gasteiger partial charge in [-0.25, -0.2) is 0 Å². The molecule has 7 heteroatoms. The summed E-state index contributed by atoms with van der Waals surface area (Å²) in [5, 5.41) is 2.60. The molecule has 3 amide bonds. The van der Waals surface area contributed by atoms with Crippen molar-refractivity contribution >= 4 is 34.4 Å². The summed E-state index contributed by atoms with van der Waals surface area (Å²) in [5.74, 6) is -0.0576. The smallest absolute Gasteiger partial charge is 0.288 e. The fourth-order valence-electron chi connectivity index (χ4n) is 3.15. The lowest BCUT2D eigenvalue weighted by molar-refractivity contribution is -0.127. The first-order chi connectivity index (χ1) is 12.6. The molecule has 0 unspecified atom stereocenters. The summed E-state index contributed by atoms with van der Waals surface area (Å²) in [6, 6.07) is 10.0. The van der Waals surface area contributed by atoms with Gasteiger partial charge >= 0.3 is 0 Å². The second-order valence-corrected chi connectivity index (χ2v) is 7.33. The average molecular weight is 373 g/mol. The molecule has 0 aliphatic carbocycles. The van der Waals surface area contributed by atoms with Crippen molar-refractivity contribution in [3.8, 4) is 0 Å². The number of hydrogen-bond acceptors (Lipinski definition) is 5. The molecule has 1 aromatic carbocycles. The summed E-state index contributed by atoms with van der Waals surface area (Å²) in [6.45, 7) is 3.98. The Kier molecular flexibility index (Phi) is 6.11. The van der Waals surface area contributed by atoms with Crippen molar-refractivity contribution in [1.29, 1.82) is 0 Å². The Bertz CT molecular complexity index is 704. The zero-order chi connectivity index (χ0) is 18.5. The van der Waals surface area contributed by atoms with Crippen LogP contribution in [0.15, 0.2) is 36.4 Å². The maximum Gasteiger partial charge on any atom is 0.288 e. The molecule has 1 fully saturated rings. The van der Waals surface area contributed by atoms with Crippen LogP contribution >= 0.6 is 11.8 Å². The molecule has 1 N–H and O–H groups in total. The molecule has 0 radical (unpaired) electrons. The average Bonchev–Trinajstić information content (AvgIpc) is 3.00. The van der Waals surface area contributed by atoms with Gasteiger partial charge in [0, 0.05) is 26.2 Å². The number of imide groups is 1. The van der Waals surface area contributed by atoms with Crippen molar-refractivity contribution in [3.05, 3.63) is 42.0 Å². The van der Waals surface area contributed by atoms with E-state index in [1.165, 1.54) is 16.0 Å². The normalized spacial score (nSPS) is 19.4. The van der Waals surface area contributed by atoms with Crippen LogP contribution in [-0.2, 0) is 9.59 Å². The van der Waals surface area contributed by atoms with Gasteiger partial charge in [0.2, 0.25) is 11.8 Å². The Morgan fingerprint density at radius 3 is 2.65 bits per heavy atom. The lowest BCUT2D eigenvalue weighted by atomic mass is 9.99. The summed E-state index contributed by atoms with van der Waals surface area (Å²) in [7, 11) is 0. The fourth-order valence-corrected chi connectivity index (χ4v) is 3.90. The highest BCUT2D eigenvalue weighted by molar-refractivity contribution is 8.14. The predicted molar refractivity (Wildman–Crippen MR) is 103 cm³/mol. The molecule has 0 bridgehead atoms. The number of hydrogen-bond donors (Lipinski definition) is 1. The molecule has 1 saturated heterocycles. The Labute approximate surface area is 157 Å². The quantitative estimate of drug-likeness (QED) is 0.826. The van der Waals surface area contributed by atoms with Crippen LogP contribution in [0.5, 0.6) is 0 Å². The third-order valence-corrected chi connectivity index (χ3v) is 5.65. The molecule has 0 spiro atoms. The predicted octanol–water partition coefficient (Wildman–Crippen LogP) is 1.98. The van der Waals surface area contributed by atoms with E-state index in [0.29, 0.717) is 6.54 Å². The monoisotopic (exact) mass is 373 g/mol. The largest absolute Gasteiger partial charge is 0.353 e. The van der Waals surface area contributed by atoms with Crippen molar-refractivity contribution in [3.63, 3.8) is 0 Å². The molecule has 0 saturated carbocycles. The van der Waals surface area contributed by atoms with E-state index in [1.54, 1.807) is 0 Å². The minimum absolute atomic E-state index is 0.0756. The SMILES string of the molecule is C[C@@H](C(=O)NCCN1C(=O)CSC1=O)N1CC=C(c2ccccc2)CC1. The van der Waals surface area contributed by atoms with Crippen molar-refractivity contribution in [2.24, 2.45) is 0 Å². The molecule has 2 heterocycles. The molecule has 2 aliphatic rings. The first-order valence-electron chi connectivity index (χ1n) is 8.79. The third kappa shape index (κ3) is 4.34. The van der Waals surface area contributed by atoms with Crippen molar-refractivity contribution in [1.82, 2.24) is 15.1 Å². The maximum atomic E-state index is 12.4. The van der Waals surface area contributed by atoms with E-state index in [2.05, 4.69) is 28.4 Å². The van der Waals surface area contributed by atoms with E-state index in [1.807, 2.05) is 25.1 Å². The summed E-state index contributed by atoms with van der Waals surface area (Å²) in [6.07, 6.45) is 3.09. The topological polar surface area (TPSA) is 69.7 Å². The lowest BCUT2D eigenvalue weighted by Gasteiger charge is -2.31. The molecule has 3 rings (SSSR count). The zero-order valence-electron chi connectivity index (χ0n) is 14.8. The van der Waals surface area contributed by atoms with Crippen molar-refractivity contribution < 1.29 is 14.4 Å². The highest BCUT2D eigenvalue weighted by Gasteiger charge is 2.30. The maximum absolute atomic E-state index is 12.4. The molecular formula is C19H23N3O3S. The highest BCUT2D eigenvalue weighted by atomic mass is 32.2. The Balaban J connectivity index is 1.46. The van der Waals surface area contributed by atoms with Gasteiger partial charge in [0.25, 0.3) is 5.24 Å². The minimum atomic E-state index is -0.247. The van der Waals surface area contributed by atoms with Crippen LogP contribution in [0, 0.1) is 0 Å². The van der Waals surface area contributed by atoms with Gasteiger partial charge in [0.05, 0.1) is 11.8 Å². The Hall–Kier alpha value is -2.12. The lowest BCUT2D eigenvalue weighted by Crippen LogP contribution is -2.48.